The van der Waals surface area contributed by atoms with Crippen LogP contribution in [0.5, 0.6) is 0 Å². The van der Waals surface area contributed by atoms with Gasteiger partial charge in [0.15, 0.2) is 17.3 Å². The molecule has 10 heteroatoms. The predicted molar refractivity (Wildman–Crippen MR) is 149 cm³/mol. The average Bonchev–Trinajstić information content (AvgIpc) is 3.60. The molecule has 0 aromatic carbocycles. The summed E-state index contributed by atoms with van der Waals surface area (Å²) >= 11 is 1.44. The van der Waals surface area contributed by atoms with E-state index in [1.165, 1.54) is 11.3 Å². The number of aromatic amines is 2. The molecule has 9 nitrogen and oxygen atoms in total. The molecular weight excluding hydrogens is 484 g/mol. The van der Waals surface area contributed by atoms with Crippen LogP contribution >= 0.6 is 11.3 Å². The third-order valence-electron chi connectivity index (χ3n) is 5.79. The van der Waals surface area contributed by atoms with Crippen LogP contribution in [0.15, 0.2) is 55.2 Å². The summed E-state index contributed by atoms with van der Waals surface area (Å²) in [6, 6.07) is 8.18. The topological polar surface area (TPSA) is 125 Å². The molecule has 0 spiro atoms. The SMILES string of the molecule is C.CC(=O)c1ccc(-c2cncc3[nH]c(-c4[nH]nc5ncc(-c6cncc(NC(C)C)c6)cc45)nc23)s1. The normalized spacial score (nSPS) is 11.2. The molecule has 6 aromatic rings. The van der Waals surface area contributed by atoms with Crippen LogP contribution in [0.25, 0.3) is 55.2 Å². The number of carbonyl (C=O) groups excluding carboxylic acids is 1. The Labute approximate surface area is 217 Å². The van der Waals surface area contributed by atoms with Crippen LogP contribution in [-0.4, -0.2) is 46.9 Å². The Morgan fingerprint density at radius 2 is 1.84 bits per heavy atom. The molecule has 6 heterocycles. The minimum Gasteiger partial charge on any atom is -0.382 e. The quantitative estimate of drug-likeness (QED) is 0.223. The molecule has 3 N–H and O–H groups in total. The highest BCUT2D eigenvalue weighted by Gasteiger charge is 2.17. The summed E-state index contributed by atoms with van der Waals surface area (Å²) < 4.78 is 0. The molecule has 186 valence electrons. The zero-order valence-electron chi connectivity index (χ0n) is 19.8. The fraction of sp³-hybridized carbons (Fsp3) is 0.185. The summed E-state index contributed by atoms with van der Waals surface area (Å²) in [4.78, 5) is 35.0. The summed E-state index contributed by atoms with van der Waals surface area (Å²) in [5, 5.41) is 11.7. The van der Waals surface area contributed by atoms with Crippen LogP contribution in [-0.2, 0) is 0 Å². The summed E-state index contributed by atoms with van der Waals surface area (Å²) in [7, 11) is 0. The first-order chi connectivity index (χ1) is 17.5. The summed E-state index contributed by atoms with van der Waals surface area (Å²) in [6.07, 6.45) is 8.96. The Kier molecular flexibility index (Phi) is 6.26. The van der Waals surface area contributed by atoms with E-state index in [9.17, 15) is 4.79 Å². The summed E-state index contributed by atoms with van der Waals surface area (Å²) in [5.74, 6) is 0.680. The lowest BCUT2D eigenvalue weighted by Gasteiger charge is -2.10. The molecular formula is C27H26N8OS. The second-order valence-corrected chi connectivity index (χ2v) is 9.93. The third-order valence-corrected chi connectivity index (χ3v) is 7.01. The lowest BCUT2D eigenvalue weighted by atomic mass is 10.1. The number of fused-ring (bicyclic) bond motifs is 2. The predicted octanol–water partition coefficient (Wildman–Crippen LogP) is 6.35. The molecule has 0 saturated heterocycles. The van der Waals surface area contributed by atoms with Crippen LogP contribution in [0.1, 0.15) is 37.9 Å². The van der Waals surface area contributed by atoms with Crippen LogP contribution in [0.4, 0.5) is 5.69 Å². The monoisotopic (exact) mass is 510 g/mol. The maximum absolute atomic E-state index is 11.8. The number of pyridine rings is 3. The first-order valence-corrected chi connectivity index (χ1v) is 12.3. The number of hydrogen-bond acceptors (Lipinski definition) is 8. The molecule has 6 rings (SSSR count). The average molecular weight is 511 g/mol. The largest absolute Gasteiger partial charge is 0.382 e. The Morgan fingerprint density at radius 1 is 1.03 bits per heavy atom. The number of carbonyl (C=O) groups is 1. The minimum atomic E-state index is 0. The van der Waals surface area contributed by atoms with Crippen LogP contribution in [0.2, 0.25) is 0 Å². The van der Waals surface area contributed by atoms with Crippen molar-refractivity contribution in [2.75, 3.05) is 5.32 Å². The molecule has 0 bridgehead atoms. The second-order valence-electron chi connectivity index (χ2n) is 8.84. The number of hydrogen-bond donors (Lipinski definition) is 3. The first kappa shape index (κ1) is 24.3. The maximum Gasteiger partial charge on any atom is 0.181 e. The zero-order valence-corrected chi connectivity index (χ0v) is 20.6. The van der Waals surface area contributed by atoms with E-state index in [2.05, 4.69) is 55.4 Å². The van der Waals surface area contributed by atoms with Gasteiger partial charge in [-0.05, 0) is 45.0 Å². The van der Waals surface area contributed by atoms with Crippen molar-refractivity contribution >= 4 is 44.9 Å². The van der Waals surface area contributed by atoms with E-state index in [0.29, 0.717) is 22.4 Å². The number of H-pyrrole nitrogens is 2. The van der Waals surface area contributed by atoms with Crippen molar-refractivity contribution in [2.45, 2.75) is 34.2 Å². The molecule has 6 aromatic heterocycles. The summed E-state index contributed by atoms with van der Waals surface area (Å²) in [6.45, 7) is 5.75. The van der Waals surface area contributed by atoms with Gasteiger partial charge in [-0.15, -0.1) is 11.3 Å². The van der Waals surface area contributed by atoms with Gasteiger partial charge in [0.25, 0.3) is 0 Å². The Balaban J connectivity index is 0.00000280. The van der Waals surface area contributed by atoms with Gasteiger partial charge in [0.05, 0.1) is 27.7 Å². The van der Waals surface area contributed by atoms with Gasteiger partial charge in [0.2, 0.25) is 0 Å². The standard InChI is InChI=1S/C26H22N8OS.CH4/c1-13(2)30-17-6-15(8-27-10-17)16-7-18-24(33-34-25(18)29-9-16)26-31-20-12-28-11-19(23(20)32-26)22-5-4-21(36-22)14(3)35;/h4-13,30H,1-3H3,(H,31,32)(H,29,33,34);1H4. The van der Waals surface area contributed by atoms with E-state index < -0.39 is 0 Å². The maximum atomic E-state index is 11.8. The molecule has 0 amide bonds. The molecule has 0 aliphatic heterocycles. The highest BCUT2D eigenvalue weighted by molar-refractivity contribution is 7.17. The number of nitrogens with one attached hydrogen (secondary N) is 3. The number of Topliss-reactive ketones (excluding diaryl/α,β-unsaturated/α-hetero) is 1. The van der Waals surface area contributed by atoms with Crippen LogP contribution < -0.4 is 5.32 Å². The highest BCUT2D eigenvalue weighted by atomic mass is 32.1. The lowest BCUT2D eigenvalue weighted by molar-refractivity contribution is 0.102. The van der Waals surface area contributed by atoms with Gasteiger partial charge < -0.3 is 10.3 Å². The third kappa shape index (κ3) is 4.47. The number of aromatic nitrogens is 7. The van der Waals surface area contributed by atoms with E-state index in [4.69, 9.17) is 4.98 Å². The molecule has 0 fully saturated rings. The number of ketones is 1. The second kappa shape index (κ2) is 9.55. The lowest BCUT2D eigenvalue weighted by Crippen LogP contribution is -2.09. The highest BCUT2D eigenvalue weighted by Crippen LogP contribution is 2.35. The fourth-order valence-electron chi connectivity index (χ4n) is 4.15. The van der Waals surface area contributed by atoms with Crippen molar-refractivity contribution < 1.29 is 4.79 Å². The van der Waals surface area contributed by atoms with Crippen molar-refractivity contribution in [3.63, 3.8) is 0 Å². The Hall–Kier alpha value is -4.44. The molecule has 0 atom stereocenters. The number of thiophene rings is 1. The number of rotatable bonds is 6. The van der Waals surface area contributed by atoms with Gasteiger partial charge in [-0.2, -0.15) is 5.10 Å². The van der Waals surface area contributed by atoms with Gasteiger partial charge in [0, 0.05) is 52.4 Å². The van der Waals surface area contributed by atoms with Crippen molar-refractivity contribution in [1.82, 2.24) is 35.1 Å². The fourth-order valence-corrected chi connectivity index (χ4v) is 5.06. The van der Waals surface area contributed by atoms with E-state index in [0.717, 1.165) is 49.4 Å². The van der Waals surface area contributed by atoms with Gasteiger partial charge in [-0.1, -0.05) is 7.43 Å². The molecule has 0 radical (unpaired) electrons. The van der Waals surface area contributed by atoms with Crippen LogP contribution in [0, 0.1) is 0 Å². The van der Waals surface area contributed by atoms with Crippen molar-refractivity contribution in [3.05, 3.63) is 60.1 Å². The molecule has 0 aliphatic carbocycles. The van der Waals surface area contributed by atoms with E-state index in [1.54, 1.807) is 25.5 Å². The van der Waals surface area contributed by atoms with E-state index in [1.807, 2.05) is 30.6 Å². The molecule has 0 unspecified atom stereocenters. The van der Waals surface area contributed by atoms with Gasteiger partial charge >= 0.3 is 0 Å². The molecule has 0 aliphatic rings. The first-order valence-electron chi connectivity index (χ1n) is 11.5. The van der Waals surface area contributed by atoms with E-state index >= 15 is 0 Å². The van der Waals surface area contributed by atoms with Crippen molar-refractivity contribution in [1.29, 1.82) is 0 Å². The number of imidazole rings is 1. The van der Waals surface area contributed by atoms with Gasteiger partial charge in [0.1, 0.15) is 11.2 Å². The van der Waals surface area contributed by atoms with Crippen molar-refractivity contribution in [2.24, 2.45) is 0 Å². The molecule has 0 saturated carbocycles. The Morgan fingerprint density at radius 3 is 2.62 bits per heavy atom. The van der Waals surface area contributed by atoms with E-state index in [-0.39, 0.29) is 13.2 Å². The number of anilines is 1. The van der Waals surface area contributed by atoms with Gasteiger partial charge in [-0.3, -0.25) is 19.9 Å². The van der Waals surface area contributed by atoms with Gasteiger partial charge in [-0.25, -0.2) is 9.97 Å². The zero-order chi connectivity index (χ0) is 24.8. The molecule has 37 heavy (non-hydrogen) atoms. The van der Waals surface area contributed by atoms with Crippen molar-refractivity contribution in [3.8, 4) is 33.1 Å². The Bertz CT molecular complexity index is 1750. The van der Waals surface area contributed by atoms with Crippen LogP contribution in [0.3, 0.4) is 0 Å². The minimum absolute atomic E-state index is 0. The number of nitrogens with zero attached hydrogens (tertiary/aromatic N) is 5. The smallest absolute Gasteiger partial charge is 0.181 e. The summed E-state index contributed by atoms with van der Waals surface area (Å²) in [5.41, 5.74) is 6.62.